The lowest BCUT2D eigenvalue weighted by atomic mass is 10.1. The SMILES string of the molecule is CCOC(=O)[C@H]1[C@@H]2C(=O)N(C(=O)OC(C)(C)C)[C@H](C(=O)OCC)[C@H]12. The van der Waals surface area contributed by atoms with Crippen LogP contribution in [-0.2, 0) is 28.6 Å². The third kappa shape index (κ3) is 3.22. The van der Waals surface area contributed by atoms with Gasteiger partial charge in [0.25, 0.3) is 0 Å². The second-order valence-corrected chi connectivity index (χ2v) is 6.77. The third-order valence-electron chi connectivity index (χ3n) is 3.92. The summed E-state index contributed by atoms with van der Waals surface area (Å²) in [5, 5.41) is 0. The number of ether oxygens (including phenoxy) is 3. The van der Waals surface area contributed by atoms with Crippen molar-refractivity contribution < 1.29 is 33.4 Å². The van der Waals surface area contributed by atoms with Gasteiger partial charge in [0, 0.05) is 5.92 Å². The highest BCUT2D eigenvalue weighted by Crippen LogP contribution is 2.57. The van der Waals surface area contributed by atoms with Crippen molar-refractivity contribution in [2.24, 2.45) is 17.8 Å². The summed E-state index contributed by atoms with van der Waals surface area (Å²) in [6.07, 6.45) is -0.902. The first kappa shape index (κ1) is 18.2. The van der Waals surface area contributed by atoms with E-state index in [1.807, 2.05) is 0 Å². The first-order chi connectivity index (χ1) is 11.1. The molecule has 1 aliphatic heterocycles. The Bertz CT molecular complexity index is 565. The summed E-state index contributed by atoms with van der Waals surface area (Å²) in [6.45, 7) is 8.55. The number of esters is 2. The van der Waals surface area contributed by atoms with E-state index < -0.39 is 53.3 Å². The number of carbonyl (C=O) groups excluding carboxylic acids is 4. The monoisotopic (exact) mass is 341 g/mol. The summed E-state index contributed by atoms with van der Waals surface area (Å²) < 4.78 is 15.1. The molecule has 2 aliphatic rings. The second kappa shape index (κ2) is 6.41. The highest BCUT2D eigenvalue weighted by atomic mass is 16.6. The maximum atomic E-state index is 12.5. The van der Waals surface area contributed by atoms with E-state index in [0.29, 0.717) is 0 Å². The van der Waals surface area contributed by atoms with E-state index in [1.165, 1.54) is 0 Å². The topological polar surface area (TPSA) is 99.2 Å². The molecule has 1 saturated heterocycles. The van der Waals surface area contributed by atoms with Crippen LogP contribution < -0.4 is 0 Å². The summed E-state index contributed by atoms with van der Waals surface area (Å²) in [5.41, 5.74) is -0.816. The molecule has 0 N–H and O–H groups in total. The Hall–Kier alpha value is -2.12. The van der Waals surface area contributed by atoms with Gasteiger partial charge in [-0.15, -0.1) is 0 Å². The van der Waals surface area contributed by atoms with Crippen molar-refractivity contribution in [2.45, 2.75) is 46.3 Å². The molecule has 0 aromatic carbocycles. The summed E-state index contributed by atoms with van der Waals surface area (Å²) in [6, 6.07) is -1.15. The van der Waals surface area contributed by atoms with E-state index in [9.17, 15) is 19.2 Å². The van der Waals surface area contributed by atoms with E-state index in [0.717, 1.165) is 4.90 Å². The fraction of sp³-hybridized carbons (Fsp3) is 0.750. The zero-order chi connectivity index (χ0) is 18.2. The van der Waals surface area contributed by atoms with Crippen LogP contribution in [-0.4, -0.2) is 53.7 Å². The molecule has 8 nitrogen and oxygen atoms in total. The molecule has 1 aliphatic carbocycles. The number of nitrogens with zero attached hydrogens (tertiary/aromatic N) is 1. The van der Waals surface area contributed by atoms with Crippen LogP contribution in [0.4, 0.5) is 4.79 Å². The van der Waals surface area contributed by atoms with Gasteiger partial charge < -0.3 is 14.2 Å². The van der Waals surface area contributed by atoms with Gasteiger partial charge in [-0.2, -0.15) is 0 Å². The van der Waals surface area contributed by atoms with Crippen LogP contribution in [0.2, 0.25) is 0 Å². The summed E-state index contributed by atoms with van der Waals surface area (Å²) in [4.78, 5) is 49.8. The largest absolute Gasteiger partial charge is 0.466 e. The maximum Gasteiger partial charge on any atom is 0.417 e. The van der Waals surface area contributed by atoms with Crippen LogP contribution in [0.3, 0.4) is 0 Å². The number of hydrogen-bond acceptors (Lipinski definition) is 7. The fourth-order valence-electron chi connectivity index (χ4n) is 3.06. The average Bonchev–Trinajstić information content (AvgIpc) is 3.10. The summed E-state index contributed by atoms with van der Waals surface area (Å²) in [5.74, 6) is -3.88. The molecule has 0 bridgehead atoms. The Morgan fingerprint density at radius 3 is 2.08 bits per heavy atom. The molecule has 0 spiro atoms. The zero-order valence-corrected chi connectivity index (χ0v) is 14.5. The predicted octanol–water partition coefficient (Wildman–Crippen LogP) is 1.12. The predicted molar refractivity (Wildman–Crippen MR) is 80.6 cm³/mol. The lowest BCUT2D eigenvalue weighted by Crippen LogP contribution is -2.50. The Morgan fingerprint density at radius 2 is 1.58 bits per heavy atom. The highest BCUT2D eigenvalue weighted by Gasteiger charge is 2.74. The van der Waals surface area contributed by atoms with Crippen molar-refractivity contribution in [3.63, 3.8) is 0 Å². The van der Waals surface area contributed by atoms with Gasteiger partial charge in [-0.1, -0.05) is 0 Å². The second-order valence-electron chi connectivity index (χ2n) is 6.77. The first-order valence-corrected chi connectivity index (χ1v) is 8.03. The number of fused-ring (bicyclic) bond motifs is 1. The molecule has 1 heterocycles. The maximum absolute atomic E-state index is 12.5. The quantitative estimate of drug-likeness (QED) is 0.558. The number of imide groups is 1. The van der Waals surface area contributed by atoms with Crippen molar-refractivity contribution in [3.8, 4) is 0 Å². The van der Waals surface area contributed by atoms with Gasteiger partial charge in [-0.25, -0.2) is 14.5 Å². The van der Waals surface area contributed by atoms with Crippen LogP contribution in [0.25, 0.3) is 0 Å². The number of likely N-dealkylation sites (tertiary alicyclic amines) is 1. The van der Waals surface area contributed by atoms with Crippen molar-refractivity contribution in [1.82, 2.24) is 4.90 Å². The Labute approximate surface area is 140 Å². The van der Waals surface area contributed by atoms with Crippen LogP contribution in [0.15, 0.2) is 0 Å². The van der Waals surface area contributed by atoms with Crippen LogP contribution in [0, 0.1) is 17.8 Å². The molecule has 24 heavy (non-hydrogen) atoms. The van der Waals surface area contributed by atoms with Crippen molar-refractivity contribution in [1.29, 1.82) is 0 Å². The fourth-order valence-corrected chi connectivity index (χ4v) is 3.06. The summed E-state index contributed by atoms with van der Waals surface area (Å²) >= 11 is 0. The molecule has 0 radical (unpaired) electrons. The van der Waals surface area contributed by atoms with Crippen LogP contribution in [0.1, 0.15) is 34.6 Å². The Morgan fingerprint density at radius 1 is 1.04 bits per heavy atom. The summed E-state index contributed by atoms with van der Waals surface area (Å²) in [7, 11) is 0. The number of hydrogen-bond donors (Lipinski definition) is 0. The van der Waals surface area contributed by atoms with E-state index in [-0.39, 0.29) is 13.2 Å². The molecule has 0 unspecified atom stereocenters. The number of amides is 2. The van der Waals surface area contributed by atoms with E-state index in [2.05, 4.69) is 0 Å². The van der Waals surface area contributed by atoms with Gasteiger partial charge in [0.15, 0.2) is 0 Å². The van der Waals surface area contributed by atoms with E-state index in [1.54, 1.807) is 34.6 Å². The van der Waals surface area contributed by atoms with Gasteiger partial charge in [0.1, 0.15) is 11.6 Å². The molecule has 2 rings (SSSR count). The molecule has 0 aromatic rings. The van der Waals surface area contributed by atoms with Gasteiger partial charge in [-0.3, -0.25) is 9.59 Å². The lowest BCUT2D eigenvalue weighted by Gasteiger charge is -2.28. The number of carbonyl (C=O) groups is 4. The average molecular weight is 341 g/mol. The first-order valence-electron chi connectivity index (χ1n) is 8.03. The Balaban J connectivity index is 2.23. The van der Waals surface area contributed by atoms with Gasteiger partial charge in [0.2, 0.25) is 5.91 Å². The van der Waals surface area contributed by atoms with E-state index >= 15 is 0 Å². The van der Waals surface area contributed by atoms with Crippen LogP contribution in [0.5, 0.6) is 0 Å². The lowest BCUT2D eigenvalue weighted by molar-refractivity contribution is -0.155. The van der Waals surface area contributed by atoms with Gasteiger partial charge in [-0.05, 0) is 34.6 Å². The molecular formula is C16H23NO7. The van der Waals surface area contributed by atoms with E-state index in [4.69, 9.17) is 14.2 Å². The highest BCUT2D eigenvalue weighted by molar-refractivity contribution is 6.06. The molecule has 4 atom stereocenters. The molecule has 1 saturated carbocycles. The minimum Gasteiger partial charge on any atom is -0.466 e. The molecule has 2 amide bonds. The zero-order valence-electron chi connectivity index (χ0n) is 14.5. The third-order valence-corrected chi connectivity index (χ3v) is 3.92. The molecule has 8 heteroatoms. The Kier molecular flexibility index (Phi) is 4.87. The molecular weight excluding hydrogens is 318 g/mol. The molecule has 0 aromatic heterocycles. The van der Waals surface area contributed by atoms with Crippen LogP contribution >= 0.6 is 0 Å². The van der Waals surface area contributed by atoms with Gasteiger partial charge >= 0.3 is 18.0 Å². The minimum absolute atomic E-state index is 0.104. The smallest absolute Gasteiger partial charge is 0.417 e. The normalized spacial score (nSPS) is 28.2. The molecule has 2 fully saturated rings. The number of piperidine rings is 1. The molecule has 134 valence electrons. The van der Waals surface area contributed by atoms with Crippen molar-refractivity contribution in [2.75, 3.05) is 13.2 Å². The van der Waals surface area contributed by atoms with Gasteiger partial charge in [0.05, 0.1) is 25.0 Å². The number of rotatable bonds is 4. The minimum atomic E-state index is -1.15. The van der Waals surface area contributed by atoms with Crippen molar-refractivity contribution >= 4 is 23.9 Å². The van der Waals surface area contributed by atoms with Crippen molar-refractivity contribution in [3.05, 3.63) is 0 Å². The standard InChI is InChI=1S/C16H23NO7/c1-6-22-13(19)10-8-9(10)12(18)17(11(8)14(20)23-7-2)15(21)24-16(3,4)5/h8-11H,6-7H2,1-5H3/t8-,9+,10+,11-/m0/s1.